The SMILES string of the molecule is O=C(c1cccc(Cn2c(=O)[nH]c(=O)c3ccccc32)c1)N1CCN(C(=O)C2CCOCC2)CC1. The Hall–Kier alpha value is -3.72. The van der Waals surface area contributed by atoms with Crippen LogP contribution in [0, 0.1) is 5.92 Å². The molecule has 2 saturated heterocycles. The van der Waals surface area contributed by atoms with Gasteiger partial charge in [-0.2, -0.15) is 0 Å². The van der Waals surface area contributed by atoms with Crippen molar-refractivity contribution >= 4 is 22.7 Å². The van der Waals surface area contributed by atoms with Crippen LogP contribution in [-0.2, 0) is 16.1 Å². The van der Waals surface area contributed by atoms with Gasteiger partial charge in [-0.3, -0.25) is 23.9 Å². The number of nitrogens with zero attached hydrogens (tertiary/aromatic N) is 3. The van der Waals surface area contributed by atoms with Crippen molar-refractivity contribution in [2.75, 3.05) is 39.4 Å². The Morgan fingerprint density at radius 1 is 0.914 bits per heavy atom. The van der Waals surface area contributed by atoms with E-state index < -0.39 is 11.2 Å². The number of hydrogen-bond donors (Lipinski definition) is 1. The molecule has 0 saturated carbocycles. The lowest BCUT2D eigenvalue weighted by atomic mass is 9.98. The quantitative estimate of drug-likeness (QED) is 0.614. The zero-order valence-electron chi connectivity index (χ0n) is 19.4. The fourth-order valence-corrected chi connectivity index (χ4v) is 4.90. The summed E-state index contributed by atoms with van der Waals surface area (Å²) < 4.78 is 6.86. The zero-order valence-corrected chi connectivity index (χ0v) is 19.4. The molecule has 2 amide bonds. The van der Waals surface area contributed by atoms with Gasteiger partial charge < -0.3 is 14.5 Å². The van der Waals surface area contributed by atoms with Crippen LogP contribution in [0.5, 0.6) is 0 Å². The number of piperazine rings is 1. The van der Waals surface area contributed by atoms with Crippen LogP contribution in [0.15, 0.2) is 58.1 Å². The number of benzene rings is 2. The fraction of sp³-hybridized carbons (Fsp3) is 0.385. The van der Waals surface area contributed by atoms with Crippen LogP contribution in [-0.4, -0.2) is 70.6 Å². The van der Waals surface area contributed by atoms with Crippen molar-refractivity contribution in [2.24, 2.45) is 5.92 Å². The van der Waals surface area contributed by atoms with Crippen molar-refractivity contribution in [3.05, 3.63) is 80.5 Å². The second-order valence-electron chi connectivity index (χ2n) is 9.07. The molecule has 35 heavy (non-hydrogen) atoms. The number of ether oxygens (including phenoxy) is 1. The number of nitrogens with one attached hydrogen (secondary N) is 1. The number of aromatic nitrogens is 2. The Bertz CT molecular complexity index is 1360. The molecule has 3 heterocycles. The van der Waals surface area contributed by atoms with E-state index in [1.807, 2.05) is 11.0 Å². The average molecular weight is 477 g/mol. The summed E-state index contributed by atoms with van der Waals surface area (Å²) in [6.45, 7) is 3.52. The Balaban J connectivity index is 1.28. The van der Waals surface area contributed by atoms with Gasteiger partial charge in [-0.1, -0.05) is 24.3 Å². The zero-order chi connectivity index (χ0) is 24.4. The molecule has 0 atom stereocenters. The normalized spacial score (nSPS) is 17.0. The van der Waals surface area contributed by atoms with E-state index in [1.165, 1.54) is 4.57 Å². The molecule has 2 fully saturated rings. The Kier molecular flexibility index (Phi) is 6.50. The van der Waals surface area contributed by atoms with Crippen LogP contribution in [0.4, 0.5) is 0 Å². The summed E-state index contributed by atoms with van der Waals surface area (Å²) in [6, 6.07) is 14.2. The van der Waals surface area contributed by atoms with E-state index in [1.54, 1.807) is 47.4 Å². The second-order valence-corrected chi connectivity index (χ2v) is 9.07. The van der Waals surface area contributed by atoms with Gasteiger partial charge >= 0.3 is 5.69 Å². The number of aromatic amines is 1. The van der Waals surface area contributed by atoms with Crippen LogP contribution >= 0.6 is 0 Å². The molecular weight excluding hydrogens is 448 g/mol. The maximum Gasteiger partial charge on any atom is 0.329 e. The highest BCUT2D eigenvalue weighted by atomic mass is 16.5. The standard InChI is InChI=1S/C26H28N4O5/c31-23-21-6-1-2-7-22(21)30(26(34)27-23)17-18-4-3-5-20(16-18)25(33)29-12-10-28(11-13-29)24(32)19-8-14-35-15-9-19/h1-7,16,19H,8-15,17H2,(H,27,31,34). The highest BCUT2D eigenvalue weighted by Gasteiger charge is 2.30. The number of H-pyrrole nitrogens is 1. The summed E-state index contributed by atoms with van der Waals surface area (Å²) in [7, 11) is 0. The summed E-state index contributed by atoms with van der Waals surface area (Å²) in [5, 5.41) is 0.438. The van der Waals surface area contributed by atoms with Crippen molar-refractivity contribution < 1.29 is 14.3 Å². The summed E-state index contributed by atoms with van der Waals surface area (Å²) >= 11 is 0. The number of fused-ring (bicyclic) bond motifs is 1. The second kappa shape index (κ2) is 9.87. The number of hydrogen-bond acceptors (Lipinski definition) is 5. The van der Waals surface area contributed by atoms with Crippen LogP contribution < -0.4 is 11.2 Å². The summed E-state index contributed by atoms with van der Waals surface area (Å²) in [5.41, 5.74) is 0.955. The first-order chi connectivity index (χ1) is 17.0. The smallest absolute Gasteiger partial charge is 0.329 e. The predicted molar refractivity (Wildman–Crippen MR) is 130 cm³/mol. The van der Waals surface area contributed by atoms with Crippen LogP contribution in [0.25, 0.3) is 10.9 Å². The highest BCUT2D eigenvalue weighted by Crippen LogP contribution is 2.19. The molecule has 1 N–H and O–H groups in total. The molecule has 5 rings (SSSR count). The molecule has 2 aromatic carbocycles. The summed E-state index contributed by atoms with van der Waals surface area (Å²) in [6.07, 6.45) is 1.52. The van der Waals surface area contributed by atoms with Crippen LogP contribution in [0.1, 0.15) is 28.8 Å². The minimum absolute atomic E-state index is 0.0232. The van der Waals surface area contributed by atoms with Gasteiger partial charge in [0.25, 0.3) is 11.5 Å². The minimum Gasteiger partial charge on any atom is -0.381 e. The first kappa shape index (κ1) is 23.0. The lowest BCUT2D eigenvalue weighted by molar-refractivity contribution is -0.140. The van der Waals surface area contributed by atoms with Crippen molar-refractivity contribution in [3.63, 3.8) is 0 Å². The molecule has 2 aliphatic heterocycles. The maximum atomic E-state index is 13.2. The molecule has 0 spiro atoms. The first-order valence-electron chi connectivity index (χ1n) is 12.0. The molecule has 182 valence electrons. The van der Waals surface area contributed by atoms with Gasteiger partial charge in [0.15, 0.2) is 0 Å². The van der Waals surface area contributed by atoms with Crippen molar-refractivity contribution in [3.8, 4) is 0 Å². The summed E-state index contributed by atoms with van der Waals surface area (Å²) in [5.74, 6) is 0.0970. The molecule has 1 aromatic heterocycles. The molecule has 0 aliphatic carbocycles. The van der Waals surface area contributed by atoms with E-state index in [9.17, 15) is 19.2 Å². The lowest BCUT2D eigenvalue weighted by Crippen LogP contribution is -2.52. The van der Waals surface area contributed by atoms with E-state index in [-0.39, 0.29) is 24.3 Å². The van der Waals surface area contributed by atoms with Crippen LogP contribution in [0.3, 0.4) is 0 Å². The van der Waals surface area contributed by atoms with Gasteiger partial charge in [-0.15, -0.1) is 0 Å². The fourth-order valence-electron chi connectivity index (χ4n) is 4.90. The van der Waals surface area contributed by atoms with E-state index in [0.29, 0.717) is 55.9 Å². The third-order valence-corrected chi connectivity index (χ3v) is 6.87. The number of amides is 2. The average Bonchev–Trinajstić information content (AvgIpc) is 2.91. The third kappa shape index (κ3) is 4.77. The molecule has 3 aromatic rings. The summed E-state index contributed by atoms with van der Waals surface area (Å²) in [4.78, 5) is 56.6. The Labute approximate surface area is 201 Å². The van der Waals surface area contributed by atoms with E-state index in [4.69, 9.17) is 4.74 Å². The maximum absolute atomic E-state index is 13.2. The Morgan fingerprint density at radius 2 is 1.63 bits per heavy atom. The van der Waals surface area contributed by atoms with Gasteiger partial charge in [0.1, 0.15) is 0 Å². The van der Waals surface area contributed by atoms with Gasteiger partial charge in [-0.05, 0) is 42.7 Å². The predicted octanol–water partition coefficient (Wildman–Crippen LogP) is 1.45. The molecule has 0 bridgehead atoms. The number of para-hydroxylation sites is 1. The van der Waals surface area contributed by atoms with Crippen molar-refractivity contribution in [2.45, 2.75) is 19.4 Å². The monoisotopic (exact) mass is 476 g/mol. The minimum atomic E-state index is -0.490. The third-order valence-electron chi connectivity index (χ3n) is 6.87. The van der Waals surface area contributed by atoms with Crippen LogP contribution in [0.2, 0.25) is 0 Å². The molecule has 0 radical (unpaired) electrons. The molecule has 0 unspecified atom stereocenters. The highest BCUT2D eigenvalue weighted by molar-refractivity contribution is 5.94. The number of rotatable bonds is 4. The first-order valence-corrected chi connectivity index (χ1v) is 12.0. The lowest BCUT2D eigenvalue weighted by Gasteiger charge is -2.37. The van der Waals surface area contributed by atoms with Crippen molar-refractivity contribution in [1.29, 1.82) is 0 Å². The van der Waals surface area contributed by atoms with Gasteiger partial charge in [0.05, 0.1) is 17.4 Å². The largest absolute Gasteiger partial charge is 0.381 e. The van der Waals surface area contributed by atoms with E-state index >= 15 is 0 Å². The Morgan fingerprint density at radius 3 is 2.40 bits per heavy atom. The molecule has 2 aliphatic rings. The molecule has 9 heteroatoms. The van der Waals surface area contributed by atoms with Gasteiger partial charge in [-0.25, -0.2) is 4.79 Å². The van der Waals surface area contributed by atoms with Crippen molar-refractivity contribution in [1.82, 2.24) is 19.4 Å². The molecule has 9 nitrogen and oxygen atoms in total. The van der Waals surface area contributed by atoms with Gasteiger partial charge in [0, 0.05) is 50.9 Å². The topological polar surface area (TPSA) is 105 Å². The van der Waals surface area contributed by atoms with E-state index in [2.05, 4.69) is 4.98 Å². The van der Waals surface area contributed by atoms with Gasteiger partial charge in [0.2, 0.25) is 5.91 Å². The number of carbonyl (C=O) groups excluding carboxylic acids is 2. The van der Waals surface area contributed by atoms with E-state index in [0.717, 1.165) is 18.4 Å². The number of carbonyl (C=O) groups is 2. The molecular formula is C26H28N4O5.